The van der Waals surface area contributed by atoms with E-state index in [0.717, 1.165) is 0 Å². The van der Waals surface area contributed by atoms with Crippen LogP contribution in [-0.2, 0) is 6.54 Å². The Kier molecular flexibility index (Phi) is 5.33. The Morgan fingerprint density at radius 3 is 2.60 bits per heavy atom. The van der Waals surface area contributed by atoms with Gasteiger partial charge in [0, 0.05) is 22.3 Å². The molecule has 0 atom stereocenters. The summed E-state index contributed by atoms with van der Waals surface area (Å²) in [5.41, 5.74) is 9.01. The first-order chi connectivity index (χ1) is 14.4. The standard InChI is InChI=1S/C22H18F2N4OS/c1-13-17(21(25)29)10-20(28(13)11-14-4-2-3-5-18(14)24)19-12-30-22(27-19)26-16-8-6-15(23)7-9-16/h2-10,12H,11H2,1H3,(H2,25,29)(H,26,27). The maximum absolute atomic E-state index is 14.2. The Morgan fingerprint density at radius 1 is 1.17 bits per heavy atom. The molecule has 0 spiro atoms. The second-order valence-corrected chi connectivity index (χ2v) is 7.60. The zero-order valence-corrected chi connectivity index (χ0v) is 16.8. The van der Waals surface area contributed by atoms with E-state index < -0.39 is 5.91 Å². The van der Waals surface area contributed by atoms with E-state index in [1.807, 2.05) is 9.95 Å². The third-order valence-corrected chi connectivity index (χ3v) is 5.54. The van der Waals surface area contributed by atoms with Crippen LogP contribution in [0, 0.1) is 18.6 Å². The molecule has 3 N–H and O–H groups in total. The number of primary amides is 1. The number of aromatic nitrogens is 2. The number of hydrogen-bond acceptors (Lipinski definition) is 4. The van der Waals surface area contributed by atoms with Gasteiger partial charge in [0.15, 0.2) is 5.13 Å². The lowest BCUT2D eigenvalue weighted by Gasteiger charge is -2.11. The third-order valence-electron chi connectivity index (χ3n) is 4.78. The summed E-state index contributed by atoms with van der Waals surface area (Å²) in [7, 11) is 0. The molecule has 0 saturated heterocycles. The Labute approximate surface area is 175 Å². The van der Waals surface area contributed by atoms with Crippen molar-refractivity contribution in [3.63, 3.8) is 0 Å². The third kappa shape index (κ3) is 3.95. The summed E-state index contributed by atoms with van der Waals surface area (Å²) >= 11 is 1.37. The minimum absolute atomic E-state index is 0.235. The summed E-state index contributed by atoms with van der Waals surface area (Å²) in [6, 6.07) is 14.1. The van der Waals surface area contributed by atoms with Crippen molar-refractivity contribution in [2.45, 2.75) is 13.5 Å². The summed E-state index contributed by atoms with van der Waals surface area (Å²) in [5.74, 6) is -1.20. The first-order valence-electron chi connectivity index (χ1n) is 9.14. The van der Waals surface area contributed by atoms with Gasteiger partial charge in [-0.2, -0.15) is 0 Å². The van der Waals surface area contributed by atoms with Crippen molar-refractivity contribution in [2.24, 2.45) is 5.73 Å². The number of nitrogens with zero attached hydrogens (tertiary/aromatic N) is 2. The quantitative estimate of drug-likeness (QED) is 0.453. The van der Waals surface area contributed by atoms with E-state index in [-0.39, 0.29) is 18.2 Å². The molecule has 0 aliphatic heterocycles. The molecule has 0 aliphatic rings. The number of thiazole rings is 1. The van der Waals surface area contributed by atoms with Crippen molar-refractivity contribution in [2.75, 3.05) is 5.32 Å². The summed E-state index contributed by atoms with van der Waals surface area (Å²) < 4.78 is 29.2. The number of carbonyl (C=O) groups is 1. The van der Waals surface area contributed by atoms with Gasteiger partial charge in [0.2, 0.25) is 0 Å². The predicted octanol–water partition coefficient (Wildman–Crippen LogP) is 5.09. The van der Waals surface area contributed by atoms with E-state index in [0.29, 0.717) is 39.0 Å². The first kappa shape index (κ1) is 19.8. The van der Waals surface area contributed by atoms with E-state index in [1.165, 1.54) is 29.5 Å². The fraction of sp³-hybridized carbons (Fsp3) is 0.0909. The van der Waals surface area contributed by atoms with Crippen LogP contribution in [0.25, 0.3) is 11.4 Å². The summed E-state index contributed by atoms with van der Waals surface area (Å²) in [4.78, 5) is 16.5. The van der Waals surface area contributed by atoms with Gasteiger partial charge < -0.3 is 15.6 Å². The average Bonchev–Trinajstić information content (AvgIpc) is 3.30. The summed E-state index contributed by atoms with van der Waals surface area (Å²) in [6.45, 7) is 2.01. The smallest absolute Gasteiger partial charge is 0.250 e. The van der Waals surface area contributed by atoms with Crippen molar-refractivity contribution in [3.8, 4) is 11.4 Å². The summed E-state index contributed by atoms with van der Waals surface area (Å²) in [6.07, 6.45) is 0. The number of anilines is 2. The van der Waals surface area contributed by atoms with Gasteiger partial charge in [-0.15, -0.1) is 11.3 Å². The molecular formula is C22H18F2N4OS. The molecule has 8 heteroatoms. The van der Waals surface area contributed by atoms with Gasteiger partial charge >= 0.3 is 0 Å². The Morgan fingerprint density at radius 2 is 1.90 bits per heavy atom. The molecule has 2 aromatic carbocycles. The molecule has 2 heterocycles. The van der Waals surface area contributed by atoms with Gasteiger partial charge in [-0.3, -0.25) is 4.79 Å². The molecule has 0 aliphatic carbocycles. The Balaban J connectivity index is 1.70. The van der Waals surface area contributed by atoms with Gasteiger partial charge in [-0.1, -0.05) is 18.2 Å². The average molecular weight is 424 g/mol. The number of nitrogens with one attached hydrogen (secondary N) is 1. The van der Waals surface area contributed by atoms with Crippen LogP contribution in [-0.4, -0.2) is 15.5 Å². The molecule has 2 aromatic heterocycles. The second kappa shape index (κ2) is 8.08. The van der Waals surface area contributed by atoms with E-state index >= 15 is 0 Å². The van der Waals surface area contributed by atoms with Crippen molar-refractivity contribution in [3.05, 3.63) is 88.4 Å². The van der Waals surface area contributed by atoms with Crippen molar-refractivity contribution in [1.29, 1.82) is 0 Å². The number of amides is 1. The number of nitrogens with two attached hydrogens (primary N) is 1. The van der Waals surface area contributed by atoms with E-state index in [2.05, 4.69) is 10.3 Å². The molecule has 0 unspecified atom stereocenters. The minimum atomic E-state index is -0.555. The molecule has 0 fully saturated rings. The van der Waals surface area contributed by atoms with Crippen molar-refractivity contribution in [1.82, 2.24) is 9.55 Å². The molecule has 5 nitrogen and oxygen atoms in total. The lowest BCUT2D eigenvalue weighted by molar-refractivity contribution is 0.0999. The van der Waals surface area contributed by atoms with Gasteiger partial charge in [0.25, 0.3) is 5.91 Å². The lowest BCUT2D eigenvalue weighted by Crippen LogP contribution is -2.13. The van der Waals surface area contributed by atoms with Crippen LogP contribution in [0.5, 0.6) is 0 Å². The van der Waals surface area contributed by atoms with Gasteiger partial charge in [-0.05, 0) is 43.3 Å². The van der Waals surface area contributed by atoms with Crippen LogP contribution in [0.15, 0.2) is 60.0 Å². The van der Waals surface area contributed by atoms with Gasteiger partial charge in [0.1, 0.15) is 11.6 Å². The molecule has 0 bridgehead atoms. The number of carbonyl (C=O) groups excluding carboxylic acids is 1. The topological polar surface area (TPSA) is 72.9 Å². The molecule has 152 valence electrons. The van der Waals surface area contributed by atoms with E-state index in [1.54, 1.807) is 43.3 Å². The zero-order chi connectivity index (χ0) is 21.3. The maximum atomic E-state index is 14.2. The Hall–Kier alpha value is -3.52. The number of benzene rings is 2. The highest BCUT2D eigenvalue weighted by Gasteiger charge is 2.19. The second-order valence-electron chi connectivity index (χ2n) is 6.74. The van der Waals surface area contributed by atoms with Crippen LogP contribution in [0.3, 0.4) is 0 Å². The normalized spacial score (nSPS) is 10.9. The SMILES string of the molecule is Cc1c(C(N)=O)cc(-c2csc(Nc3ccc(F)cc3)n2)n1Cc1ccccc1F. The highest BCUT2D eigenvalue weighted by atomic mass is 32.1. The molecular weight excluding hydrogens is 406 g/mol. The number of halogens is 2. The molecule has 1 amide bonds. The minimum Gasteiger partial charge on any atom is -0.366 e. The summed E-state index contributed by atoms with van der Waals surface area (Å²) in [5, 5.41) is 5.57. The fourth-order valence-corrected chi connectivity index (χ4v) is 3.94. The van der Waals surface area contributed by atoms with Crippen molar-refractivity contribution >= 4 is 28.1 Å². The fourth-order valence-electron chi connectivity index (χ4n) is 3.21. The van der Waals surface area contributed by atoms with Gasteiger partial charge in [0.05, 0.1) is 23.5 Å². The van der Waals surface area contributed by atoms with Crippen LogP contribution < -0.4 is 11.1 Å². The molecule has 4 rings (SSSR count). The van der Waals surface area contributed by atoms with Gasteiger partial charge in [-0.25, -0.2) is 13.8 Å². The first-order valence-corrected chi connectivity index (χ1v) is 10.0. The van der Waals surface area contributed by atoms with Crippen LogP contribution in [0.2, 0.25) is 0 Å². The van der Waals surface area contributed by atoms with E-state index in [9.17, 15) is 13.6 Å². The lowest BCUT2D eigenvalue weighted by atomic mass is 10.2. The largest absolute Gasteiger partial charge is 0.366 e. The van der Waals surface area contributed by atoms with Crippen molar-refractivity contribution < 1.29 is 13.6 Å². The van der Waals surface area contributed by atoms with E-state index in [4.69, 9.17) is 5.73 Å². The molecule has 0 saturated carbocycles. The van der Waals surface area contributed by atoms with Crippen LogP contribution in [0.4, 0.5) is 19.6 Å². The highest BCUT2D eigenvalue weighted by Crippen LogP contribution is 2.31. The zero-order valence-electron chi connectivity index (χ0n) is 16.0. The van der Waals surface area contributed by atoms with Crippen LogP contribution >= 0.6 is 11.3 Å². The highest BCUT2D eigenvalue weighted by molar-refractivity contribution is 7.14. The number of hydrogen-bond donors (Lipinski definition) is 2. The Bertz CT molecular complexity index is 1210. The molecule has 4 aromatic rings. The molecule has 0 radical (unpaired) electrons. The number of rotatable bonds is 6. The predicted molar refractivity (Wildman–Crippen MR) is 114 cm³/mol. The van der Waals surface area contributed by atoms with Crippen LogP contribution in [0.1, 0.15) is 21.6 Å². The molecule has 30 heavy (non-hydrogen) atoms. The maximum Gasteiger partial charge on any atom is 0.250 e. The monoisotopic (exact) mass is 424 g/mol.